The van der Waals surface area contributed by atoms with Crippen LogP contribution in [0, 0.1) is 0 Å². The quantitative estimate of drug-likeness (QED) is 0.0243. The molecule has 0 saturated carbocycles. The number of nitrogens with zero attached hydrogens (tertiary/aromatic N) is 1. The van der Waals surface area contributed by atoms with Crippen molar-refractivity contribution < 1.29 is 32.9 Å². The fraction of sp³-hybridized carbons (Fsp3) is 0.794. The summed E-state index contributed by atoms with van der Waals surface area (Å²) in [5, 5.41) is 14.1. The van der Waals surface area contributed by atoms with Crippen molar-refractivity contribution in [3.05, 3.63) is 72.9 Å². The Morgan fingerprint density at radius 2 is 0.833 bits per heavy atom. The maximum Gasteiger partial charge on any atom is 0.472 e. The van der Waals surface area contributed by atoms with Crippen LogP contribution in [0.5, 0.6) is 0 Å². The maximum absolute atomic E-state index is 13.0. The van der Waals surface area contributed by atoms with E-state index < -0.39 is 20.0 Å². The lowest BCUT2D eigenvalue weighted by Gasteiger charge is -2.26. The van der Waals surface area contributed by atoms with Gasteiger partial charge in [0, 0.05) is 6.42 Å². The van der Waals surface area contributed by atoms with Crippen LogP contribution in [0.1, 0.15) is 271 Å². The Morgan fingerprint density at radius 1 is 0.486 bits per heavy atom. The number of amides is 1. The van der Waals surface area contributed by atoms with Crippen LogP contribution in [0.2, 0.25) is 0 Å². The third-order valence-electron chi connectivity index (χ3n) is 13.5. The fourth-order valence-corrected chi connectivity index (χ4v) is 9.49. The number of allylic oxidation sites excluding steroid dienone is 12. The van der Waals surface area contributed by atoms with Gasteiger partial charge in [-0.25, -0.2) is 4.57 Å². The largest absolute Gasteiger partial charge is 0.472 e. The van der Waals surface area contributed by atoms with E-state index in [0.29, 0.717) is 23.9 Å². The van der Waals surface area contributed by atoms with E-state index in [2.05, 4.69) is 92.1 Å². The van der Waals surface area contributed by atoms with Gasteiger partial charge < -0.3 is 19.8 Å². The highest BCUT2D eigenvalue weighted by molar-refractivity contribution is 7.47. The molecule has 0 saturated heterocycles. The van der Waals surface area contributed by atoms with Crippen molar-refractivity contribution >= 4 is 13.7 Å². The number of nitrogens with one attached hydrogen (secondary N) is 1. The number of rotatable bonds is 55. The smallest absolute Gasteiger partial charge is 0.391 e. The molecule has 0 radical (unpaired) electrons. The number of phosphoric acid groups is 1. The molecule has 0 aliphatic rings. The van der Waals surface area contributed by atoms with Crippen LogP contribution in [0.3, 0.4) is 0 Å². The molecule has 0 heterocycles. The van der Waals surface area contributed by atoms with Crippen molar-refractivity contribution in [2.24, 2.45) is 0 Å². The van der Waals surface area contributed by atoms with Gasteiger partial charge in [-0.15, -0.1) is 0 Å². The lowest BCUT2D eigenvalue weighted by atomic mass is 10.0. The number of carbonyl (C=O) groups excluding carboxylic acids is 1. The standard InChI is InChI=1S/C63H117N2O6P/c1-6-8-10-12-14-16-18-20-22-24-25-26-27-28-29-30-31-32-33-34-35-36-37-38-39-41-43-45-47-49-51-53-55-57-63(67)64-61(60-71-72(68,69)70-59-58-65(3,4)5)62(66)56-54-52-50-48-46-44-42-40-23-21-19-17-15-13-11-9-7-2/h8,10,14,16,20,22,25-26,28-29,31-32,61-62,66H,6-7,9,11-13,15,17-19,21,23-24,27,30,33-60H2,1-5H3,(H-,64,67,68,69)/p+1/b10-8-,16-14-,22-20-,26-25-,29-28-,32-31-. The highest BCUT2D eigenvalue weighted by Crippen LogP contribution is 2.43. The summed E-state index contributed by atoms with van der Waals surface area (Å²) in [6, 6.07) is -0.764. The molecule has 3 N–H and O–H groups in total. The van der Waals surface area contributed by atoms with Crippen molar-refractivity contribution in [1.82, 2.24) is 5.32 Å². The van der Waals surface area contributed by atoms with Crippen LogP contribution in [0.25, 0.3) is 0 Å². The van der Waals surface area contributed by atoms with Crippen molar-refractivity contribution in [2.45, 2.75) is 283 Å². The van der Waals surface area contributed by atoms with Crippen molar-refractivity contribution in [2.75, 3.05) is 40.9 Å². The Balaban J connectivity index is 4.08. The summed E-state index contributed by atoms with van der Waals surface area (Å²) in [7, 11) is 1.62. The highest BCUT2D eigenvalue weighted by atomic mass is 31.2. The van der Waals surface area contributed by atoms with Gasteiger partial charge in [0.05, 0.1) is 39.9 Å². The first kappa shape index (κ1) is 69.9. The summed E-state index contributed by atoms with van der Waals surface area (Å²) in [6.45, 7) is 4.79. The van der Waals surface area contributed by atoms with Gasteiger partial charge in [0.25, 0.3) is 0 Å². The minimum absolute atomic E-state index is 0.0733. The van der Waals surface area contributed by atoms with E-state index >= 15 is 0 Å². The highest BCUT2D eigenvalue weighted by Gasteiger charge is 2.28. The molecule has 0 bridgehead atoms. The number of aliphatic hydroxyl groups is 1. The predicted molar refractivity (Wildman–Crippen MR) is 313 cm³/mol. The first-order valence-electron chi connectivity index (χ1n) is 30.3. The second-order valence-electron chi connectivity index (χ2n) is 21.7. The lowest BCUT2D eigenvalue weighted by Crippen LogP contribution is -2.46. The van der Waals surface area contributed by atoms with Crippen molar-refractivity contribution in [3.63, 3.8) is 0 Å². The molecule has 0 aliphatic heterocycles. The number of carbonyl (C=O) groups is 1. The molecule has 0 aliphatic carbocycles. The Bertz CT molecular complexity index is 1400. The molecule has 9 heteroatoms. The molecule has 0 fully saturated rings. The SMILES string of the molecule is CC/C=C\C/C=C\C/C=C\C/C=C\C/C=C\C/C=C\CCCCCCCCCCCCCCCCC(=O)NC(COP(=O)(O)OCC[N+](C)(C)C)C(O)CCCCCCCCCCCCCCCCCCC. The second kappa shape index (κ2) is 53.8. The monoisotopic (exact) mass is 1030 g/mol. The van der Waals surface area contributed by atoms with E-state index in [9.17, 15) is 19.4 Å². The summed E-state index contributed by atoms with van der Waals surface area (Å²) < 4.78 is 23.8. The van der Waals surface area contributed by atoms with E-state index in [-0.39, 0.29) is 19.1 Å². The van der Waals surface area contributed by atoms with E-state index in [0.717, 1.165) is 77.0 Å². The van der Waals surface area contributed by atoms with Crippen LogP contribution in [-0.4, -0.2) is 73.4 Å². The molecule has 0 rings (SSSR count). The van der Waals surface area contributed by atoms with Crippen LogP contribution in [0.15, 0.2) is 72.9 Å². The summed E-state index contributed by atoms with van der Waals surface area (Å²) in [6.07, 6.45) is 73.9. The Kier molecular flexibility index (Phi) is 52.2. The zero-order valence-corrected chi connectivity index (χ0v) is 48.8. The summed E-state index contributed by atoms with van der Waals surface area (Å²) in [5.74, 6) is -0.145. The Hall–Kier alpha value is -2.06. The maximum atomic E-state index is 13.0. The van der Waals surface area contributed by atoms with Gasteiger partial charge in [0.15, 0.2) is 0 Å². The molecule has 0 aromatic carbocycles. The number of phosphoric ester groups is 1. The zero-order chi connectivity index (χ0) is 52.7. The molecule has 420 valence electrons. The molecule has 8 nitrogen and oxygen atoms in total. The minimum Gasteiger partial charge on any atom is -0.391 e. The number of unbranched alkanes of at least 4 members (excludes halogenated alkanes) is 30. The Morgan fingerprint density at radius 3 is 1.22 bits per heavy atom. The van der Waals surface area contributed by atoms with Crippen LogP contribution >= 0.6 is 7.82 Å². The fourth-order valence-electron chi connectivity index (χ4n) is 8.76. The minimum atomic E-state index is -4.33. The first-order chi connectivity index (χ1) is 35.0. The average Bonchev–Trinajstić information content (AvgIpc) is 3.34. The van der Waals surface area contributed by atoms with Gasteiger partial charge >= 0.3 is 7.82 Å². The molecule has 0 aromatic rings. The lowest BCUT2D eigenvalue weighted by molar-refractivity contribution is -0.870. The number of hydrogen-bond acceptors (Lipinski definition) is 5. The first-order valence-corrected chi connectivity index (χ1v) is 31.8. The van der Waals surface area contributed by atoms with E-state index in [1.165, 1.54) is 167 Å². The van der Waals surface area contributed by atoms with Gasteiger partial charge in [-0.2, -0.15) is 0 Å². The molecular weight excluding hydrogens is 912 g/mol. The Labute approximate surface area is 446 Å². The predicted octanol–water partition coefficient (Wildman–Crippen LogP) is 18.7. The van der Waals surface area contributed by atoms with Crippen LogP contribution < -0.4 is 5.32 Å². The molecule has 3 atom stereocenters. The molecule has 1 amide bonds. The van der Waals surface area contributed by atoms with Gasteiger partial charge in [-0.1, -0.05) is 273 Å². The van der Waals surface area contributed by atoms with Gasteiger partial charge in [0.1, 0.15) is 13.2 Å². The summed E-state index contributed by atoms with van der Waals surface area (Å²) >= 11 is 0. The van der Waals surface area contributed by atoms with Gasteiger partial charge in [0.2, 0.25) is 5.91 Å². The van der Waals surface area contributed by atoms with Gasteiger partial charge in [-0.05, 0) is 64.2 Å². The topological polar surface area (TPSA) is 105 Å². The molecule has 3 unspecified atom stereocenters. The third-order valence-corrected chi connectivity index (χ3v) is 14.5. The zero-order valence-electron chi connectivity index (χ0n) is 47.9. The molecule has 0 spiro atoms. The molecule has 72 heavy (non-hydrogen) atoms. The van der Waals surface area contributed by atoms with Crippen LogP contribution in [-0.2, 0) is 18.4 Å². The average molecular weight is 1030 g/mol. The summed E-state index contributed by atoms with van der Waals surface area (Å²) in [5.41, 5.74) is 0. The molecular formula is C63H118N2O6P+. The summed E-state index contributed by atoms with van der Waals surface area (Å²) in [4.78, 5) is 23.4. The van der Waals surface area contributed by atoms with E-state index in [1.54, 1.807) is 0 Å². The number of aliphatic hydroxyl groups excluding tert-OH is 1. The number of quaternary nitrogens is 1. The third kappa shape index (κ3) is 55.7. The molecule has 0 aromatic heterocycles. The second-order valence-corrected chi connectivity index (χ2v) is 23.2. The van der Waals surface area contributed by atoms with E-state index in [1.807, 2.05) is 21.1 Å². The van der Waals surface area contributed by atoms with E-state index in [4.69, 9.17) is 9.05 Å². The van der Waals surface area contributed by atoms with Crippen molar-refractivity contribution in [3.8, 4) is 0 Å². The number of likely N-dealkylation sites (N-methyl/N-ethyl adjacent to an activating group) is 1. The van der Waals surface area contributed by atoms with Gasteiger partial charge in [-0.3, -0.25) is 13.8 Å². The van der Waals surface area contributed by atoms with Crippen LogP contribution in [0.4, 0.5) is 0 Å². The van der Waals surface area contributed by atoms with Crippen molar-refractivity contribution in [1.29, 1.82) is 0 Å². The number of hydrogen-bond donors (Lipinski definition) is 3. The normalized spacial score (nSPS) is 14.4.